The second-order valence-electron chi connectivity index (χ2n) is 6.02. The number of carbonyl (C=O) groups excluding carboxylic acids is 1. The zero-order chi connectivity index (χ0) is 14.7. The van der Waals surface area contributed by atoms with E-state index in [-0.39, 0.29) is 0 Å². The standard InChI is InChI=1S/C15H23N5O/c16-12-7-11(8-12)13-9-14(19-10-18-13)17-4-2-6-20-5-1-3-15(20)21/h9-12H,1-8,16H2,(H,17,18,19). The van der Waals surface area contributed by atoms with E-state index in [0.717, 1.165) is 56.8 Å². The Hall–Kier alpha value is -1.69. The fourth-order valence-corrected chi connectivity index (χ4v) is 3.02. The van der Waals surface area contributed by atoms with Crippen LogP contribution in [0.4, 0.5) is 5.82 Å². The van der Waals surface area contributed by atoms with Gasteiger partial charge in [-0.3, -0.25) is 4.79 Å². The van der Waals surface area contributed by atoms with Gasteiger partial charge in [-0.1, -0.05) is 0 Å². The number of anilines is 1. The fraction of sp³-hybridized carbons (Fsp3) is 0.667. The monoisotopic (exact) mass is 289 g/mol. The normalized spacial score (nSPS) is 25.0. The van der Waals surface area contributed by atoms with E-state index in [2.05, 4.69) is 15.3 Å². The van der Waals surface area contributed by atoms with Gasteiger partial charge in [0, 0.05) is 49.8 Å². The van der Waals surface area contributed by atoms with Crippen LogP contribution >= 0.6 is 0 Å². The zero-order valence-electron chi connectivity index (χ0n) is 12.3. The van der Waals surface area contributed by atoms with Gasteiger partial charge in [-0.05, 0) is 25.7 Å². The van der Waals surface area contributed by atoms with E-state index in [1.165, 1.54) is 0 Å². The van der Waals surface area contributed by atoms with Gasteiger partial charge < -0.3 is 16.0 Å². The first-order valence-electron chi connectivity index (χ1n) is 7.81. The molecule has 114 valence electrons. The number of nitrogens with two attached hydrogens (primary N) is 1. The van der Waals surface area contributed by atoms with Crippen molar-refractivity contribution in [3.8, 4) is 0 Å². The summed E-state index contributed by atoms with van der Waals surface area (Å²) in [6.45, 7) is 2.57. The molecule has 2 heterocycles. The lowest BCUT2D eigenvalue weighted by Gasteiger charge is -2.31. The van der Waals surface area contributed by atoms with Gasteiger partial charge in [0.15, 0.2) is 0 Å². The van der Waals surface area contributed by atoms with E-state index in [0.29, 0.717) is 24.3 Å². The summed E-state index contributed by atoms with van der Waals surface area (Å²) in [6.07, 6.45) is 6.32. The smallest absolute Gasteiger partial charge is 0.222 e. The second kappa shape index (κ2) is 6.39. The van der Waals surface area contributed by atoms with Gasteiger partial charge in [0.25, 0.3) is 0 Å². The molecule has 0 atom stereocenters. The molecule has 3 rings (SSSR count). The average Bonchev–Trinajstić information content (AvgIpc) is 2.86. The highest BCUT2D eigenvalue weighted by Crippen LogP contribution is 2.34. The first-order chi connectivity index (χ1) is 10.2. The molecule has 0 aromatic carbocycles. The van der Waals surface area contributed by atoms with Crippen LogP contribution in [0, 0.1) is 0 Å². The Morgan fingerprint density at radius 2 is 2.24 bits per heavy atom. The molecule has 1 aromatic heterocycles. The highest BCUT2D eigenvalue weighted by Gasteiger charge is 2.28. The molecule has 1 saturated carbocycles. The van der Waals surface area contributed by atoms with E-state index < -0.39 is 0 Å². The Morgan fingerprint density at radius 3 is 2.95 bits per heavy atom. The average molecular weight is 289 g/mol. The lowest BCUT2D eigenvalue weighted by molar-refractivity contribution is -0.127. The Balaban J connectivity index is 1.42. The molecule has 3 N–H and O–H groups in total. The van der Waals surface area contributed by atoms with Crippen LogP contribution in [0.3, 0.4) is 0 Å². The predicted molar refractivity (Wildman–Crippen MR) is 80.9 cm³/mol. The summed E-state index contributed by atoms with van der Waals surface area (Å²) in [5.74, 6) is 1.65. The third-order valence-corrected chi connectivity index (χ3v) is 4.36. The first kappa shape index (κ1) is 14.3. The van der Waals surface area contributed by atoms with Crippen molar-refractivity contribution in [2.75, 3.05) is 25.0 Å². The molecule has 1 aromatic rings. The van der Waals surface area contributed by atoms with Crippen molar-refractivity contribution in [2.45, 2.75) is 44.1 Å². The molecule has 0 unspecified atom stereocenters. The van der Waals surface area contributed by atoms with E-state index in [1.54, 1.807) is 6.33 Å². The number of carbonyl (C=O) groups is 1. The Labute approximate surface area is 125 Å². The second-order valence-corrected chi connectivity index (χ2v) is 6.02. The molecular weight excluding hydrogens is 266 g/mol. The van der Waals surface area contributed by atoms with E-state index in [9.17, 15) is 4.79 Å². The molecule has 2 fully saturated rings. The molecule has 1 amide bonds. The van der Waals surface area contributed by atoms with Crippen LogP contribution in [0.25, 0.3) is 0 Å². The molecule has 2 aliphatic rings. The van der Waals surface area contributed by atoms with Gasteiger partial charge >= 0.3 is 0 Å². The van der Waals surface area contributed by atoms with Gasteiger partial charge in [-0.15, -0.1) is 0 Å². The highest BCUT2D eigenvalue weighted by molar-refractivity contribution is 5.77. The van der Waals surface area contributed by atoms with Crippen LogP contribution in [0.5, 0.6) is 0 Å². The molecule has 21 heavy (non-hydrogen) atoms. The van der Waals surface area contributed by atoms with Crippen LogP contribution in [0.15, 0.2) is 12.4 Å². The predicted octanol–water partition coefficient (Wildman–Crippen LogP) is 1.11. The van der Waals surface area contributed by atoms with Crippen molar-refractivity contribution in [3.63, 3.8) is 0 Å². The van der Waals surface area contributed by atoms with Crippen LogP contribution in [-0.4, -0.2) is 46.5 Å². The number of amides is 1. The molecular formula is C15H23N5O. The maximum atomic E-state index is 11.5. The van der Waals surface area contributed by atoms with E-state index in [1.807, 2.05) is 11.0 Å². The SMILES string of the molecule is NC1CC(c2cc(NCCCN3CCCC3=O)ncn2)C1. The number of nitrogens with zero attached hydrogens (tertiary/aromatic N) is 3. The van der Waals surface area contributed by atoms with Crippen LogP contribution in [-0.2, 0) is 4.79 Å². The summed E-state index contributed by atoms with van der Waals surface area (Å²) in [5.41, 5.74) is 6.91. The summed E-state index contributed by atoms with van der Waals surface area (Å²) < 4.78 is 0. The molecule has 1 aliphatic carbocycles. The van der Waals surface area contributed by atoms with Crippen LogP contribution in [0.2, 0.25) is 0 Å². The third-order valence-electron chi connectivity index (χ3n) is 4.36. The summed E-state index contributed by atoms with van der Waals surface area (Å²) in [4.78, 5) is 22.0. The van der Waals surface area contributed by atoms with Gasteiger partial charge in [0.05, 0.1) is 0 Å². The number of hydrogen-bond donors (Lipinski definition) is 2. The third kappa shape index (κ3) is 3.50. The topological polar surface area (TPSA) is 84.1 Å². The molecule has 0 spiro atoms. The van der Waals surface area contributed by atoms with Crippen molar-refractivity contribution in [2.24, 2.45) is 5.73 Å². The molecule has 0 radical (unpaired) electrons. The summed E-state index contributed by atoms with van der Waals surface area (Å²) >= 11 is 0. The van der Waals surface area contributed by atoms with Gasteiger partial charge in [0.2, 0.25) is 5.91 Å². The van der Waals surface area contributed by atoms with Crippen LogP contribution in [0.1, 0.15) is 43.7 Å². The van der Waals surface area contributed by atoms with Crippen molar-refractivity contribution in [1.82, 2.24) is 14.9 Å². The number of nitrogens with one attached hydrogen (secondary N) is 1. The molecule has 1 saturated heterocycles. The maximum Gasteiger partial charge on any atom is 0.222 e. The summed E-state index contributed by atoms with van der Waals surface area (Å²) in [5, 5.41) is 3.32. The Morgan fingerprint density at radius 1 is 1.38 bits per heavy atom. The van der Waals surface area contributed by atoms with E-state index >= 15 is 0 Å². The van der Waals surface area contributed by atoms with Gasteiger partial charge in [-0.25, -0.2) is 9.97 Å². The van der Waals surface area contributed by atoms with E-state index in [4.69, 9.17) is 5.73 Å². The largest absolute Gasteiger partial charge is 0.370 e. The minimum absolute atomic E-state index is 0.292. The van der Waals surface area contributed by atoms with Crippen LogP contribution < -0.4 is 11.1 Å². The molecule has 1 aliphatic heterocycles. The number of aromatic nitrogens is 2. The highest BCUT2D eigenvalue weighted by atomic mass is 16.2. The van der Waals surface area contributed by atoms with Crippen molar-refractivity contribution >= 4 is 11.7 Å². The Kier molecular flexibility index (Phi) is 4.34. The summed E-state index contributed by atoms with van der Waals surface area (Å²) in [7, 11) is 0. The lowest BCUT2D eigenvalue weighted by Crippen LogP contribution is -2.35. The molecule has 0 bridgehead atoms. The quantitative estimate of drug-likeness (QED) is 0.766. The number of rotatable bonds is 6. The van der Waals surface area contributed by atoms with Gasteiger partial charge in [0.1, 0.15) is 12.1 Å². The Bertz CT molecular complexity index is 501. The fourth-order valence-electron chi connectivity index (χ4n) is 3.02. The minimum atomic E-state index is 0.292. The summed E-state index contributed by atoms with van der Waals surface area (Å²) in [6, 6.07) is 2.36. The molecule has 6 nitrogen and oxygen atoms in total. The number of hydrogen-bond acceptors (Lipinski definition) is 5. The van der Waals surface area contributed by atoms with Crippen molar-refractivity contribution < 1.29 is 4.79 Å². The molecule has 6 heteroatoms. The zero-order valence-corrected chi connectivity index (χ0v) is 12.3. The van der Waals surface area contributed by atoms with Gasteiger partial charge in [-0.2, -0.15) is 0 Å². The number of likely N-dealkylation sites (tertiary alicyclic amines) is 1. The van der Waals surface area contributed by atoms with Crippen molar-refractivity contribution in [3.05, 3.63) is 18.1 Å². The minimum Gasteiger partial charge on any atom is -0.370 e. The maximum absolute atomic E-state index is 11.5. The van der Waals surface area contributed by atoms with Crippen molar-refractivity contribution in [1.29, 1.82) is 0 Å². The lowest BCUT2D eigenvalue weighted by atomic mass is 9.79. The first-order valence-corrected chi connectivity index (χ1v) is 7.81.